The number of hydrogen-bond acceptors (Lipinski definition) is 3. The highest BCUT2D eigenvalue weighted by Crippen LogP contribution is 2.16. The minimum absolute atomic E-state index is 0.216. The highest BCUT2D eigenvalue weighted by atomic mass is 16.6. The topological polar surface area (TPSA) is 42.4 Å². The summed E-state index contributed by atoms with van der Waals surface area (Å²) in [6.07, 6.45) is 3.45. The second-order valence-corrected chi connectivity index (χ2v) is 4.92. The Kier molecular flexibility index (Phi) is 5.39. The van der Waals surface area contributed by atoms with Crippen LogP contribution in [0, 0.1) is 18.8 Å². The fourth-order valence-electron chi connectivity index (χ4n) is 2.16. The second-order valence-electron chi connectivity index (χ2n) is 4.92. The van der Waals surface area contributed by atoms with E-state index in [0.29, 0.717) is 19.7 Å². The Morgan fingerprint density at radius 1 is 1.43 bits per heavy atom. The van der Waals surface area contributed by atoms with Gasteiger partial charge in [0.25, 0.3) is 0 Å². The number of likely N-dealkylation sites (tertiary alicyclic amines) is 1. The first kappa shape index (κ1) is 15.1. The summed E-state index contributed by atoms with van der Waals surface area (Å²) in [4.78, 5) is 17.7. The fraction of sp³-hybridized carbons (Fsp3) is 0.412. The van der Waals surface area contributed by atoms with E-state index in [0.717, 1.165) is 24.2 Å². The van der Waals surface area contributed by atoms with Crippen molar-refractivity contribution in [1.29, 1.82) is 0 Å². The lowest BCUT2D eigenvalue weighted by atomic mass is 10.0. The largest absolute Gasteiger partial charge is 0.450 e. The van der Waals surface area contributed by atoms with Gasteiger partial charge in [0, 0.05) is 18.8 Å². The zero-order valence-corrected chi connectivity index (χ0v) is 12.6. The maximum atomic E-state index is 11.6. The molecule has 21 heavy (non-hydrogen) atoms. The summed E-state index contributed by atoms with van der Waals surface area (Å²) in [5.41, 5.74) is 3.03. The molecule has 1 aromatic rings. The molecule has 0 bridgehead atoms. The van der Waals surface area contributed by atoms with Crippen LogP contribution in [0.2, 0.25) is 0 Å². The number of hydrogen-bond donors (Lipinski definition) is 0. The number of carbonyl (C=O) groups excluding carboxylic acids is 1. The third-order valence-electron chi connectivity index (χ3n) is 3.30. The molecule has 0 atom stereocenters. The molecule has 1 amide bonds. The molecule has 4 nitrogen and oxygen atoms in total. The smallest absolute Gasteiger partial charge is 0.409 e. The van der Waals surface area contributed by atoms with E-state index in [1.54, 1.807) is 4.90 Å². The van der Waals surface area contributed by atoms with Crippen LogP contribution < -0.4 is 0 Å². The molecule has 0 unspecified atom stereocenters. The molecule has 1 saturated heterocycles. The van der Waals surface area contributed by atoms with Crippen LogP contribution in [0.5, 0.6) is 0 Å². The quantitative estimate of drug-likeness (QED) is 0.745. The van der Waals surface area contributed by atoms with Crippen molar-refractivity contribution < 1.29 is 9.53 Å². The average molecular weight is 284 g/mol. The molecule has 110 valence electrons. The number of amides is 1. The van der Waals surface area contributed by atoms with Crippen molar-refractivity contribution >= 4 is 6.09 Å². The van der Waals surface area contributed by atoms with Gasteiger partial charge >= 0.3 is 6.09 Å². The first-order valence-corrected chi connectivity index (χ1v) is 7.24. The van der Waals surface area contributed by atoms with Gasteiger partial charge in [0.1, 0.15) is 5.69 Å². The number of ether oxygens (including phenoxy) is 1. The molecule has 0 saturated carbocycles. The van der Waals surface area contributed by atoms with Gasteiger partial charge < -0.3 is 9.64 Å². The molecular weight excluding hydrogens is 264 g/mol. The van der Waals surface area contributed by atoms with Crippen molar-refractivity contribution in [3.63, 3.8) is 0 Å². The fourth-order valence-corrected chi connectivity index (χ4v) is 2.16. The van der Waals surface area contributed by atoms with Crippen molar-refractivity contribution in [2.24, 2.45) is 0 Å². The van der Waals surface area contributed by atoms with Crippen LogP contribution in [0.4, 0.5) is 4.79 Å². The average Bonchev–Trinajstić information content (AvgIpc) is 2.48. The van der Waals surface area contributed by atoms with Gasteiger partial charge in [-0.2, -0.15) is 0 Å². The van der Waals surface area contributed by atoms with Gasteiger partial charge in [-0.15, -0.1) is 0 Å². The number of piperidine rings is 1. The summed E-state index contributed by atoms with van der Waals surface area (Å²) in [5, 5.41) is 0. The van der Waals surface area contributed by atoms with E-state index < -0.39 is 0 Å². The van der Waals surface area contributed by atoms with Crippen molar-refractivity contribution in [3.8, 4) is 11.8 Å². The predicted molar refractivity (Wildman–Crippen MR) is 81.8 cm³/mol. The van der Waals surface area contributed by atoms with Crippen molar-refractivity contribution in [3.05, 3.63) is 41.2 Å². The number of carbonyl (C=O) groups is 1. The van der Waals surface area contributed by atoms with E-state index in [4.69, 9.17) is 4.74 Å². The molecule has 0 spiro atoms. The number of allylic oxidation sites excluding steroid dienone is 1. The van der Waals surface area contributed by atoms with Crippen LogP contribution >= 0.6 is 0 Å². The van der Waals surface area contributed by atoms with Gasteiger partial charge in [-0.25, -0.2) is 9.78 Å². The van der Waals surface area contributed by atoms with Crippen molar-refractivity contribution in [2.75, 3.05) is 19.7 Å². The normalized spacial score (nSPS) is 14.2. The van der Waals surface area contributed by atoms with Crippen LogP contribution in [-0.2, 0) is 4.74 Å². The van der Waals surface area contributed by atoms with E-state index in [1.807, 2.05) is 38.1 Å². The molecule has 0 radical (unpaired) electrons. The maximum Gasteiger partial charge on any atom is 0.409 e. The van der Waals surface area contributed by atoms with E-state index in [-0.39, 0.29) is 6.09 Å². The zero-order chi connectivity index (χ0) is 15.1. The van der Waals surface area contributed by atoms with Gasteiger partial charge in [0.15, 0.2) is 0 Å². The van der Waals surface area contributed by atoms with Gasteiger partial charge in [0.05, 0.1) is 6.61 Å². The SMILES string of the molecule is CCOC(=O)N1CCC(=CC#Cc2cccc(C)n2)CC1. The highest BCUT2D eigenvalue weighted by Gasteiger charge is 2.19. The molecule has 0 aromatic carbocycles. The molecule has 1 aromatic heterocycles. The number of rotatable bonds is 1. The molecular formula is C17H20N2O2. The van der Waals surface area contributed by atoms with Crippen LogP contribution in [0.25, 0.3) is 0 Å². The first-order chi connectivity index (χ1) is 10.2. The van der Waals surface area contributed by atoms with Gasteiger partial charge in [-0.3, -0.25) is 0 Å². The minimum atomic E-state index is -0.216. The molecule has 1 aliphatic rings. The zero-order valence-electron chi connectivity index (χ0n) is 12.6. The Bertz CT molecular complexity index is 586. The Hall–Kier alpha value is -2.28. The summed E-state index contributed by atoms with van der Waals surface area (Å²) in [7, 11) is 0. The van der Waals surface area contributed by atoms with Crippen molar-refractivity contribution in [1.82, 2.24) is 9.88 Å². The summed E-state index contributed by atoms with van der Waals surface area (Å²) < 4.78 is 5.00. The minimum Gasteiger partial charge on any atom is -0.450 e. The summed E-state index contributed by atoms with van der Waals surface area (Å²) in [5.74, 6) is 6.10. The third kappa shape index (κ3) is 4.64. The van der Waals surface area contributed by atoms with Crippen LogP contribution in [0.15, 0.2) is 29.8 Å². The monoisotopic (exact) mass is 284 g/mol. The summed E-state index contributed by atoms with van der Waals surface area (Å²) >= 11 is 0. The van der Waals surface area contributed by atoms with Crippen molar-refractivity contribution in [2.45, 2.75) is 26.7 Å². The predicted octanol–water partition coefficient (Wildman–Crippen LogP) is 2.92. The third-order valence-corrected chi connectivity index (χ3v) is 3.30. The van der Waals surface area contributed by atoms with Crippen LogP contribution in [-0.4, -0.2) is 35.7 Å². The second kappa shape index (κ2) is 7.49. The number of pyridine rings is 1. The van der Waals surface area contributed by atoms with E-state index >= 15 is 0 Å². The molecule has 0 aliphatic carbocycles. The lowest BCUT2D eigenvalue weighted by Gasteiger charge is -2.27. The van der Waals surface area contributed by atoms with Gasteiger partial charge in [0.2, 0.25) is 0 Å². The lowest BCUT2D eigenvalue weighted by molar-refractivity contribution is 0.104. The Balaban J connectivity index is 1.89. The van der Waals surface area contributed by atoms with Crippen LogP contribution in [0.1, 0.15) is 31.2 Å². The number of aryl methyl sites for hydroxylation is 1. The summed E-state index contributed by atoms with van der Waals surface area (Å²) in [6, 6.07) is 5.81. The van der Waals surface area contributed by atoms with Gasteiger partial charge in [-0.05, 0) is 50.8 Å². The lowest BCUT2D eigenvalue weighted by Crippen LogP contribution is -2.36. The molecule has 1 aliphatic heterocycles. The number of nitrogens with zero attached hydrogens (tertiary/aromatic N) is 2. The Morgan fingerprint density at radius 2 is 2.19 bits per heavy atom. The maximum absolute atomic E-state index is 11.6. The van der Waals surface area contributed by atoms with Gasteiger partial charge in [-0.1, -0.05) is 17.6 Å². The number of aromatic nitrogens is 1. The van der Waals surface area contributed by atoms with E-state index in [2.05, 4.69) is 16.8 Å². The van der Waals surface area contributed by atoms with E-state index in [9.17, 15) is 4.79 Å². The first-order valence-electron chi connectivity index (χ1n) is 7.24. The Labute approximate surface area is 125 Å². The standard InChI is InChI=1S/C17H20N2O2/c1-3-21-17(20)19-12-10-15(11-13-19)7-5-9-16-8-4-6-14(2)18-16/h4,6-8H,3,10-13H2,1-2H3. The van der Waals surface area contributed by atoms with Crippen LogP contribution in [0.3, 0.4) is 0 Å². The molecule has 0 N–H and O–H groups in total. The highest BCUT2D eigenvalue weighted by molar-refractivity contribution is 5.67. The molecule has 1 fully saturated rings. The summed E-state index contributed by atoms with van der Waals surface area (Å²) in [6.45, 7) is 5.61. The molecule has 2 rings (SSSR count). The molecule has 4 heteroatoms. The van der Waals surface area contributed by atoms with E-state index in [1.165, 1.54) is 5.57 Å². The Morgan fingerprint density at radius 3 is 2.86 bits per heavy atom. The molecule has 2 heterocycles.